The third-order valence-electron chi connectivity index (χ3n) is 11.3. The number of para-hydroxylation sites is 2. The molecule has 0 spiro atoms. The van der Waals surface area contributed by atoms with E-state index in [9.17, 15) is 4.39 Å². The number of halogens is 2. The molecule has 63 heavy (non-hydrogen) atoms. The molecule has 11 rings (SSSR count). The molecule has 8 aromatic carbocycles. The van der Waals surface area contributed by atoms with Crippen molar-refractivity contribution in [2.24, 2.45) is 0 Å². The molecule has 0 bridgehead atoms. The molecule has 3 heterocycles. The van der Waals surface area contributed by atoms with Crippen molar-refractivity contribution in [1.82, 2.24) is 14.5 Å². The first-order valence-electron chi connectivity index (χ1n) is 20.5. The van der Waals surface area contributed by atoms with Gasteiger partial charge in [-0.2, -0.15) is 0 Å². The minimum atomic E-state index is -1.72. The van der Waals surface area contributed by atoms with Crippen molar-refractivity contribution < 1.29 is 33.3 Å². The van der Waals surface area contributed by atoms with E-state index in [0.29, 0.717) is 27.9 Å². The van der Waals surface area contributed by atoms with Gasteiger partial charge in [-0.25, -0.2) is 8.78 Å². The van der Waals surface area contributed by atoms with Crippen LogP contribution in [-0.4, -0.2) is 27.8 Å². The summed E-state index contributed by atoms with van der Waals surface area (Å²) in [5, 5.41) is 3.18. The Kier molecular flexibility index (Phi) is 11.5. The number of pyridine rings is 1. The van der Waals surface area contributed by atoms with Gasteiger partial charge in [0.25, 0.3) is 0 Å². The molecule has 1 radical (unpaired) electrons. The maximum atomic E-state index is 15.7. The molecule has 8 heteroatoms. The van der Waals surface area contributed by atoms with Crippen molar-refractivity contribution in [3.63, 3.8) is 0 Å². The summed E-state index contributed by atoms with van der Waals surface area (Å²) in [6, 6.07) is 62.3. The standard InChI is InChI=1S/C41H23F2N2O.C14H16GeN.Ir/c42-28-20-17-25(18-21-28)27-19-22-30-32-13-8-14-33(40(32)46-38(30)23-27)41-44-36-15-6-7-16-37(36)45(41)39-31-12-5-4-11-29(31)35(43)24-34(39)26-9-2-1-3-10-26;1-15(2,3)13-9-10-14(16-11-13)12-7-5-4-6-8-12;/h1-13,15-24H;4-7,9-11H,1-3H3;/q2*-1;. The summed E-state index contributed by atoms with van der Waals surface area (Å²) in [6.07, 6.45) is 2.04. The van der Waals surface area contributed by atoms with Crippen LogP contribution in [0, 0.1) is 23.8 Å². The molecule has 309 valence electrons. The van der Waals surface area contributed by atoms with Crippen molar-refractivity contribution >= 4 is 61.4 Å². The second-order valence-electron chi connectivity index (χ2n) is 16.3. The summed E-state index contributed by atoms with van der Waals surface area (Å²) in [5.41, 5.74) is 10.1. The Hall–Kier alpha value is -6.51. The Bertz CT molecular complexity index is 3400. The summed E-state index contributed by atoms with van der Waals surface area (Å²) in [7, 11) is 0. The average molecular weight is 1060 g/mol. The molecular weight excluding hydrogens is 1020 g/mol. The van der Waals surface area contributed by atoms with E-state index in [1.54, 1.807) is 18.2 Å². The van der Waals surface area contributed by atoms with E-state index in [4.69, 9.17) is 9.40 Å². The van der Waals surface area contributed by atoms with Crippen molar-refractivity contribution in [1.29, 1.82) is 0 Å². The maximum absolute atomic E-state index is 15.7. The van der Waals surface area contributed by atoms with Crippen LogP contribution in [0.2, 0.25) is 17.3 Å². The number of hydrogen-bond donors (Lipinski definition) is 0. The van der Waals surface area contributed by atoms with Gasteiger partial charge in [-0.1, -0.05) is 102 Å². The molecule has 0 unspecified atom stereocenters. The molecule has 0 aliphatic carbocycles. The quantitative estimate of drug-likeness (QED) is 0.123. The number of benzene rings is 8. The fourth-order valence-electron chi connectivity index (χ4n) is 8.09. The van der Waals surface area contributed by atoms with Crippen molar-refractivity contribution in [3.05, 3.63) is 206 Å². The van der Waals surface area contributed by atoms with Gasteiger partial charge in [0.2, 0.25) is 0 Å². The number of imidazole rings is 1. The Labute approximate surface area is 380 Å². The number of hydrogen-bond acceptors (Lipinski definition) is 3. The summed E-state index contributed by atoms with van der Waals surface area (Å²) >= 11 is -1.72. The summed E-state index contributed by atoms with van der Waals surface area (Å²) in [5.74, 6) is 7.22. The van der Waals surface area contributed by atoms with Crippen LogP contribution in [0.15, 0.2) is 187 Å². The van der Waals surface area contributed by atoms with E-state index in [1.807, 2.05) is 140 Å². The first kappa shape index (κ1) is 41.8. The van der Waals surface area contributed by atoms with Crippen LogP contribution in [-0.2, 0) is 20.1 Å². The van der Waals surface area contributed by atoms with E-state index in [1.165, 1.54) is 16.5 Å². The SMILES string of the molecule is Fc1ccc(-c2ccc3c(c2)oc2c(-c4nc5ccccc5n4-c4c(-c5ccccc5)cc(F)c5ccccc45)[c-]ccc23)cc1.[CH3][Ge]([CH3])([CH3])[c]1ccc(-c2[c-]cccc2)nc1.[Ir]. The second kappa shape index (κ2) is 17.3. The summed E-state index contributed by atoms with van der Waals surface area (Å²) in [4.78, 5) is 9.69. The average Bonchev–Trinajstić information content (AvgIpc) is 3.88. The van der Waals surface area contributed by atoms with E-state index in [2.05, 4.69) is 51.1 Å². The zero-order chi connectivity index (χ0) is 42.4. The molecule has 0 amide bonds. The van der Waals surface area contributed by atoms with Crippen molar-refractivity contribution in [2.75, 3.05) is 0 Å². The van der Waals surface area contributed by atoms with Gasteiger partial charge in [-0.05, 0) is 53.1 Å². The minimum absolute atomic E-state index is 0. The van der Waals surface area contributed by atoms with Gasteiger partial charge in [0, 0.05) is 41.8 Å². The van der Waals surface area contributed by atoms with Gasteiger partial charge in [0.15, 0.2) is 0 Å². The van der Waals surface area contributed by atoms with Crippen LogP contribution in [0.1, 0.15) is 0 Å². The topological polar surface area (TPSA) is 43.9 Å². The Morgan fingerprint density at radius 1 is 0.603 bits per heavy atom. The van der Waals surface area contributed by atoms with E-state index >= 15 is 4.39 Å². The molecule has 0 saturated heterocycles. The van der Waals surface area contributed by atoms with Crippen LogP contribution < -0.4 is 4.40 Å². The van der Waals surface area contributed by atoms with Crippen LogP contribution in [0.3, 0.4) is 0 Å². The molecule has 11 aromatic rings. The van der Waals surface area contributed by atoms with Crippen LogP contribution >= 0.6 is 0 Å². The molecule has 0 N–H and O–H groups in total. The van der Waals surface area contributed by atoms with Gasteiger partial charge in [0.05, 0.1) is 28.1 Å². The molecule has 0 saturated carbocycles. The number of fused-ring (bicyclic) bond motifs is 5. The number of rotatable bonds is 6. The molecule has 3 aromatic heterocycles. The molecule has 0 aliphatic rings. The molecular formula is C55H39F2GeIrN3O-2. The van der Waals surface area contributed by atoms with Gasteiger partial charge in [-0.15, -0.1) is 18.2 Å². The molecule has 4 nitrogen and oxygen atoms in total. The number of furan rings is 1. The second-order valence-corrected chi connectivity index (χ2v) is 27.0. The molecule has 0 fully saturated rings. The van der Waals surface area contributed by atoms with E-state index in [-0.39, 0.29) is 31.7 Å². The van der Waals surface area contributed by atoms with E-state index < -0.39 is 13.3 Å². The van der Waals surface area contributed by atoms with Crippen LogP contribution in [0.5, 0.6) is 0 Å². The predicted molar refractivity (Wildman–Crippen MR) is 252 cm³/mol. The van der Waals surface area contributed by atoms with Gasteiger partial charge < -0.3 is 8.98 Å². The van der Waals surface area contributed by atoms with Crippen LogP contribution in [0.4, 0.5) is 8.78 Å². The first-order valence-corrected chi connectivity index (χ1v) is 27.9. The number of aromatic nitrogens is 3. The van der Waals surface area contributed by atoms with Crippen molar-refractivity contribution in [2.45, 2.75) is 17.3 Å². The largest absolute Gasteiger partial charge is 0 e. The first-order chi connectivity index (χ1) is 30.2. The minimum Gasteiger partial charge on any atom is 0 e. The smallest absolute Gasteiger partial charge is 0 e. The molecule has 0 atom stereocenters. The molecule has 0 aliphatic heterocycles. The van der Waals surface area contributed by atoms with Crippen LogP contribution in [0.25, 0.3) is 94.3 Å². The fourth-order valence-corrected chi connectivity index (χ4v) is 10.3. The zero-order valence-corrected chi connectivity index (χ0v) is 39.2. The maximum Gasteiger partial charge on any atom is 0 e. The van der Waals surface area contributed by atoms with Crippen molar-refractivity contribution in [3.8, 4) is 50.6 Å². The van der Waals surface area contributed by atoms with E-state index in [0.717, 1.165) is 66.4 Å². The van der Waals surface area contributed by atoms with Gasteiger partial charge in [0.1, 0.15) is 17.2 Å². The monoisotopic (exact) mass is 1060 g/mol. The predicted octanol–water partition coefficient (Wildman–Crippen LogP) is 14.2. The van der Waals surface area contributed by atoms with Gasteiger partial charge >= 0.3 is 99.8 Å². The van der Waals surface area contributed by atoms with Gasteiger partial charge in [-0.3, -0.25) is 4.98 Å². The third-order valence-corrected chi connectivity index (χ3v) is 15.5. The third kappa shape index (κ3) is 8.04. The summed E-state index contributed by atoms with van der Waals surface area (Å²) in [6.45, 7) is 0. The number of nitrogens with zero attached hydrogens (tertiary/aromatic N) is 3. The Morgan fingerprint density at radius 2 is 1.33 bits per heavy atom. The normalized spacial score (nSPS) is 11.4. The summed E-state index contributed by atoms with van der Waals surface area (Å²) < 4.78 is 39.5. The zero-order valence-electron chi connectivity index (χ0n) is 34.7. The fraction of sp³-hybridized carbons (Fsp3) is 0.0545. The Balaban J connectivity index is 0.000000251. The Morgan fingerprint density at radius 3 is 2.08 bits per heavy atom.